The van der Waals surface area contributed by atoms with Crippen LogP contribution in [0.25, 0.3) is 21.7 Å². The molecule has 5 aromatic carbocycles. The Bertz CT molecular complexity index is 1910. The molecule has 6 nitrogen and oxygen atoms in total. The summed E-state index contributed by atoms with van der Waals surface area (Å²) in [7, 11) is 0. The molecule has 3 N–H and O–H groups in total. The molecule has 0 aliphatic carbocycles. The van der Waals surface area contributed by atoms with E-state index in [9.17, 15) is 19.1 Å². The highest BCUT2D eigenvalue weighted by Gasteiger charge is 2.18. The van der Waals surface area contributed by atoms with Crippen LogP contribution in [0.2, 0.25) is 0 Å². The van der Waals surface area contributed by atoms with Gasteiger partial charge in [-0.1, -0.05) is 54.6 Å². The monoisotopic (exact) mass is 543 g/mol. The van der Waals surface area contributed by atoms with Gasteiger partial charge in [0.25, 0.3) is 5.91 Å². The third-order valence-electron chi connectivity index (χ3n) is 7.15. The molecule has 1 heterocycles. The number of aromatic nitrogens is 1. The molecule has 0 atom stereocenters. The highest BCUT2D eigenvalue weighted by atomic mass is 19.1. The van der Waals surface area contributed by atoms with Crippen LogP contribution < -0.4 is 10.6 Å². The molecule has 6 rings (SSSR count). The van der Waals surface area contributed by atoms with Crippen LogP contribution >= 0.6 is 0 Å². The normalized spacial score (nSPS) is 11.0. The number of amides is 1. The summed E-state index contributed by atoms with van der Waals surface area (Å²) < 4.78 is 15.5. The van der Waals surface area contributed by atoms with E-state index < -0.39 is 5.97 Å². The topological polar surface area (TPSA) is 83.4 Å². The molecule has 0 saturated heterocycles. The van der Waals surface area contributed by atoms with E-state index in [4.69, 9.17) is 0 Å². The van der Waals surface area contributed by atoms with Crippen LogP contribution in [0.3, 0.4) is 0 Å². The summed E-state index contributed by atoms with van der Waals surface area (Å²) in [5, 5.41) is 18.9. The lowest BCUT2D eigenvalue weighted by molar-refractivity contribution is 0.0694. The fourth-order valence-electron chi connectivity index (χ4n) is 5.13. The zero-order valence-electron chi connectivity index (χ0n) is 22.0. The molecule has 7 heteroatoms. The van der Waals surface area contributed by atoms with Gasteiger partial charge in [-0.15, -0.1) is 0 Å². The standard InChI is InChI=1S/C34H26FN3O3/c35-26-11-13-27(14-12-26)37-31-16-15-30(33(39)36-20-25-7-3-4-8-28(25)34(40)41)32-29(31)17-18-38(32)21-22-9-10-23-5-1-2-6-24(23)19-22/h1-19,37H,20-21H2,(H,36,39)(H,40,41). The van der Waals surface area contributed by atoms with E-state index in [1.54, 1.807) is 36.4 Å². The summed E-state index contributed by atoms with van der Waals surface area (Å²) in [5.41, 5.74) is 4.44. The number of hydrogen-bond acceptors (Lipinski definition) is 3. The molecular weight excluding hydrogens is 517 g/mol. The number of carboxylic acids is 1. The number of nitrogens with zero attached hydrogens (tertiary/aromatic N) is 1. The van der Waals surface area contributed by atoms with Gasteiger partial charge < -0.3 is 20.3 Å². The van der Waals surface area contributed by atoms with Gasteiger partial charge in [-0.05, 0) is 76.5 Å². The Kier molecular flexibility index (Phi) is 6.92. The van der Waals surface area contributed by atoms with Crippen LogP contribution in [0.5, 0.6) is 0 Å². The van der Waals surface area contributed by atoms with Gasteiger partial charge >= 0.3 is 5.97 Å². The Morgan fingerprint density at radius 1 is 0.780 bits per heavy atom. The minimum absolute atomic E-state index is 0.0732. The number of hydrogen-bond donors (Lipinski definition) is 3. The van der Waals surface area contributed by atoms with Gasteiger partial charge in [0, 0.05) is 36.0 Å². The molecular formula is C34H26FN3O3. The van der Waals surface area contributed by atoms with E-state index >= 15 is 0 Å². The zero-order valence-corrected chi connectivity index (χ0v) is 22.0. The van der Waals surface area contributed by atoms with E-state index in [0.29, 0.717) is 17.7 Å². The second-order valence-electron chi connectivity index (χ2n) is 9.82. The van der Waals surface area contributed by atoms with Crippen molar-refractivity contribution in [1.29, 1.82) is 0 Å². The first-order chi connectivity index (χ1) is 20.0. The quantitative estimate of drug-likeness (QED) is 0.187. The molecule has 0 aliphatic heterocycles. The van der Waals surface area contributed by atoms with Crippen molar-refractivity contribution in [2.45, 2.75) is 13.1 Å². The lowest BCUT2D eigenvalue weighted by Crippen LogP contribution is -2.24. The number of carbonyl (C=O) groups is 2. The Morgan fingerprint density at radius 2 is 1.54 bits per heavy atom. The Labute approximate surface area is 235 Å². The van der Waals surface area contributed by atoms with Crippen molar-refractivity contribution in [1.82, 2.24) is 9.88 Å². The number of anilines is 2. The molecule has 1 aromatic heterocycles. The fourth-order valence-corrected chi connectivity index (χ4v) is 5.13. The number of carbonyl (C=O) groups excluding carboxylic acids is 1. The van der Waals surface area contributed by atoms with E-state index in [2.05, 4.69) is 41.0 Å². The minimum atomic E-state index is -1.04. The molecule has 1 amide bonds. The van der Waals surface area contributed by atoms with E-state index in [1.807, 2.05) is 35.0 Å². The molecule has 0 spiro atoms. The fraction of sp³-hybridized carbons (Fsp3) is 0.0588. The van der Waals surface area contributed by atoms with Gasteiger partial charge in [0.1, 0.15) is 5.82 Å². The Hall–Kier alpha value is -5.43. The summed E-state index contributed by atoms with van der Waals surface area (Å²) in [5.74, 6) is -1.68. The maximum absolute atomic E-state index is 13.6. The van der Waals surface area contributed by atoms with Gasteiger partial charge in [0.05, 0.1) is 16.6 Å². The van der Waals surface area contributed by atoms with Crippen molar-refractivity contribution in [2.24, 2.45) is 0 Å². The van der Waals surface area contributed by atoms with Gasteiger partial charge in [-0.25, -0.2) is 9.18 Å². The van der Waals surface area contributed by atoms with Crippen molar-refractivity contribution < 1.29 is 19.1 Å². The maximum Gasteiger partial charge on any atom is 0.336 e. The Morgan fingerprint density at radius 3 is 2.34 bits per heavy atom. The molecule has 0 bridgehead atoms. The van der Waals surface area contributed by atoms with Crippen LogP contribution in [0.1, 0.15) is 31.8 Å². The average Bonchev–Trinajstić information content (AvgIpc) is 3.41. The predicted molar refractivity (Wildman–Crippen MR) is 159 cm³/mol. The van der Waals surface area contributed by atoms with Gasteiger partial charge in [0.15, 0.2) is 0 Å². The summed E-state index contributed by atoms with van der Waals surface area (Å²) in [4.78, 5) is 25.2. The number of halogens is 1. The van der Waals surface area contributed by atoms with Crippen molar-refractivity contribution in [3.63, 3.8) is 0 Å². The van der Waals surface area contributed by atoms with Crippen LogP contribution in [0.15, 0.2) is 115 Å². The van der Waals surface area contributed by atoms with E-state index in [0.717, 1.165) is 38.6 Å². The lowest BCUT2D eigenvalue weighted by Gasteiger charge is -2.15. The maximum atomic E-state index is 13.6. The minimum Gasteiger partial charge on any atom is -0.478 e. The lowest BCUT2D eigenvalue weighted by atomic mass is 10.1. The first kappa shape index (κ1) is 25.8. The molecule has 0 aliphatic rings. The van der Waals surface area contributed by atoms with Crippen molar-refractivity contribution >= 4 is 44.9 Å². The SMILES string of the molecule is O=C(O)c1ccccc1CNC(=O)c1ccc(Nc2ccc(F)cc2)c2ccn(Cc3ccc4ccccc4c3)c12. The number of nitrogens with one attached hydrogen (secondary N) is 2. The Balaban J connectivity index is 1.38. The van der Waals surface area contributed by atoms with Gasteiger partial charge in [-0.3, -0.25) is 4.79 Å². The zero-order chi connectivity index (χ0) is 28.3. The largest absolute Gasteiger partial charge is 0.478 e. The third-order valence-corrected chi connectivity index (χ3v) is 7.15. The summed E-state index contributed by atoms with van der Waals surface area (Å²) in [6, 6.07) is 32.7. The second kappa shape index (κ2) is 11.0. The number of rotatable bonds is 8. The van der Waals surface area contributed by atoms with Gasteiger partial charge in [-0.2, -0.15) is 0 Å². The number of aromatic carboxylic acids is 1. The number of carboxylic acid groups (broad SMARTS) is 1. The predicted octanol–water partition coefficient (Wildman–Crippen LogP) is 7.35. The average molecular weight is 544 g/mol. The summed E-state index contributed by atoms with van der Waals surface area (Å²) in [6.07, 6.45) is 1.95. The molecule has 0 radical (unpaired) electrons. The highest BCUT2D eigenvalue weighted by molar-refractivity contribution is 6.09. The highest BCUT2D eigenvalue weighted by Crippen LogP contribution is 2.31. The van der Waals surface area contributed by atoms with Gasteiger partial charge in [0.2, 0.25) is 0 Å². The number of benzene rings is 5. The second-order valence-corrected chi connectivity index (χ2v) is 9.82. The molecule has 202 valence electrons. The van der Waals surface area contributed by atoms with Crippen molar-refractivity contribution in [2.75, 3.05) is 5.32 Å². The van der Waals surface area contributed by atoms with Crippen molar-refractivity contribution in [3.8, 4) is 0 Å². The van der Waals surface area contributed by atoms with Crippen molar-refractivity contribution in [3.05, 3.63) is 143 Å². The number of fused-ring (bicyclic) bond motifs is 2. The van der Waals surface area contributed by atoms with E-state index in [-0.39, 0.29) is 23.8 Å². The smallest absolute Gasteiger partial charge is 0.336 e. The molecule has 6 aromatic rings. The molecule has 41 heavy (non-hydrogen) atoms. The van der Waals surface area contributed by atoms with Crippen LogP contribution in [-0.4, -0.2) is 21.6 Å². The summed E-state index contributed by atoms with van der Waals surface area (Å²) in [6.45, 7) is 0.611. The van der Waals surface area contributed by atoms with Crippen LogP contribution in [0.4, 0.5) is 15.8 Å². The first-order valence-corrected chi connectivity index (χ1v) is 13.2. The van der Waals surface area contributed by atoms with Crippen LogP contribution in [0, 0.1) is 5.82 Å². The summed E-state index contributed by atoms with van der Waals surface area (Å²) >= 11 is 0. The molecule has 0 fully saturated rings. The van der Waals surface area contributed by atoms with E-state index in [1.165, 1.54) is 18.2 Å². The van der Waals surface area contributed by atoms with Crippen LogP contribution in [-0.2, 0) is 13.1 Å². The third kappa shape index (κ3) is 5.38. The first-order valence-electron chi connectivity index (χ1n) is 13.2. The molecule has 0 unspecified atom stereocenters. The molecule has 0 saturated carbocycles.